The van der Waals surface area contributed by atoms with Crippen molar-refractivity contribution in [2.75, 3.05) is 0 Å². The maximum Gasteiger partial charge on any atom is 0.417 e. The van der Waals surface area contributed by atoms with Gasteiger partial charge in [-0.25, -0.2) is 14.0 Å². The molecule has 0 saturated carbocycles. The molecule has 0 amide bonds. The second-order valence-electron chi connectivity index (χ2n) is 32.3. The Labute approximate surface area is 769 Å². The summed E-state index contributed by atoms with van der Waals surface area (Å²) in [6.45, 7) is 20.7. The van der Waals surface area contributed by atoms with E-state index >= 15 is 0 Å². The molecule has 4 nitrogen and oxygen atoms in total. The van der Waals surface area contributed by atoms with Crippen LogP contribution in [0.4, 0.5) is 17.6 Å². The van der Waals surface area contributed by atoms with Crippen LogP contribution in [0.3, 0.4) is 0 Å². The van der Waals surface area contributed by atoms with Gasteiger partial charge in [-0.1, -0.05) is 342 Å². The van der Waals surface area contributed by atoms with E-state index in [1.807, 2.05) is 93.6 Å². The molecule has 644 valence electrons. The van der Waals surface area contributed by atoms with Gasteiger partial charge in [-0.2, -0.15) is 13.2 Å². The Balaban J connectivity index is 0.000000146. The number of benzene rings is 12. The second kappa shape index (κ2) is 42.7. The van der Waals surface area contributed by atoms with Crippen molar-refractivity contribution in [1.29, 1.82) is 0 Å². The number of carbonyl (C=O) groups is 2. The predicted molar refractivity (Wildman–Crippen MR) is 537 cm³/mol. The first kappa shape index (κ1) is 92.9. The lowest BCUT2D eigenvalue weighted by Gasteiger charge is -2.21. The van der Waals surface area contributed by atoms with Gasteiger partial charge < -0.3 is 10.2 Å². The normalized spacial score (nSPS) is 14.0. The minimum Gasteiger partial charge on any atom is -0.478 e. The molecule has 0 radical (unpaired) electrons. The fourth-order valence-corrected chi connectivity index (χ4v) is 19.2. The molecule has 0 bridgehead atoms. The van der Waals surface area contributed by atoms with E-state index in [-0.39, 0.29) is 11.4 Å². The third kappa shape index (κ3) is 21.9. The maximum atomic E-state index is 14.1. The lowest BCUT2D eigenvalue weighted by atomic mass is 9.85. The predicted octanol–water partition coefficient (Wildman–Crippen LogP) is 33.2. The zero-order chi connectivity index (χ0) is 90.9. The van der Waals surface area contributed by atoms with Gasteiger partial charge >= 0.3 is 18.1 Å². The zero-order valence-corrected chi connectivity index (χ0v) is 76.9. The van der Waals surface area contributed by atoms with Gasteiger partial charge in [-0.15, -0.1) is 0 Å². The third-order valence-corrected chi connectivity index (χ3v) is 25.4. The van der Waals surface area contributed by atoms with Crippen molar-refractivity contribution in [3.63, 3.8) is 0 Å². The Morgan fingerprint density at radius 2 is 0.773 bits per heavy atom. The van der Waals surface area contributed by atoms with E-state index in [2.05, 4.69) is 252 Å². The number of halogens is 7. The highest BCUT2D eigenvalue weighted by atomic mass is 79.9. The van der Waals surface area contributed by atoms with Crippen LogP contribution in [0.25, 0.3) is 90.6 Å². The Morgan fingerprint density at radius 1 is 0.391 bits per heavy atom. The molecule has 11 heteroatoms. The third-order valence-electron chi connectivity index (χ3n) is 23.8. The van der Waals surface area contributed by atoms with Crippen LogP contribution in [0, 0.1) is 33.5 Å². The number of alkyl halides is 3. The van der Waals surface area contributed by atoms with Crippen molar-refractivity contribution in [3.05, 3.63) is 470 Å². The van der Waals surface area contributed by atoms with Crippen LogP contribution in [0.15, 0.2) is 320 Å². The summed E-state index contributed by atoms with van der Waals surface area (Å²) in [6.07, 6.45) is 19.6. The Hall–Kier alpha value is -12.8. The molecular formula is C117H103BrCl2F4O4. The summed E-state index contributed by atoms with van der Waals surface area (Å²) in [5, 5.41) is 19.4. The van der Waals surface area contributed by atoms with E-state index in [9.17, 15) is 27.2 Å². The largest absolute Gasteiger partial charge is 0.478 e. The molecule has 0 aliphatic heterocycles. The van der Waals surface area contributed by atoms with Crippen LogP contribution < -0.4 is 0 Å². The van der Waals surface area contributed by atoms with Crippen molar-refractivity contribution in [1.82, 2.24) is 0 Å². The van der Waals surface area contributed by atoms with E-state index in [1.165, 1.54) is 117 Å². The summed E-state index contributed by atoms with van der Waals surface area (Å²) in [4.78, 5) is 21.7. The standard InChI is InChI=1S/C30H25F3O2.C29H27Br.C29H24ClFO2.C29H27Cl/c1-3-25(26-14-8-19(2)16-27(26)30(31,32)33)29(24-17-22-6-4-5-7-23(22)18-24)21-12-9-20(10-13-21)11-15-28(34)35;1-4-10-21-15-17-22(18-16-21)28(24(5-2)25-13-8-6-11-20(25)3)27-19-23-12-7-9-14-26(23)29(27)30;1-3-25(26-12-4-18(2)14-27(26)30)29(20-8-5-19(6-9-20)7-13-28(32)33)23-15-21-10-11-24(31)17-22(21)16-23;1-4-10-21-15-17-22(18-16-21)28(24(5-2)25-13-8-6-11-20(25)3)27-19-23-12-7-9-14-26(23)29(27)30/h4-17H,3,18H2,1-2H3,(H,34,35);4,6-18H,5,19H2,1-3H3;4-15,17H,3,16H2,1-2H3,(H,32,33);4,6-18H,5,19H2,1-3H3/b15-11+,29-25+;10-4+,28-24+;13-7+,29-25+;10-4+,28-24+. The number of aliphatic carboxylic acids is 2. The Bertz CT molecular complexity index is 6400. The molecule has 4 aliphatic rings. The summed E-state index contributed by atoms with van der Waals surface area (Å²) in [7, 11) is 0. The van der Waals surface area contributed by atoms with Crippen molar-refractivity contribution in [3.8, 4) is 0 Å². The summed E-state index contributed by atoms with van der Waals surface area (Å²) < 4.78 is 57.4. The van der Waals surface area contributed by atoms with E-state index in [4.69, 9.17) is 33.4 Å². The van der Waals surface area contributed by atoms with Crippen molar-refractivity contribution >= 4 is 142 Å². The summed E-state index contributed by atoms with van der Waals surface area (Å²) >= 11 is 17.6. The number of allylic oxidation sites excluding steroid dienone is 14. The fourth-order valence-electron chi connectivity index (χ4n) is 17.7. The molecule has 0 fully saturated rings. The van der Waals surface area contributed by atoms with Crippen LogP contribution in [-0.4, -0.2) is 22.2 Å². The molecule has 0 unspecified atom stereocenters. The van der Waals surface area contributed by atoms with Gasteiger partial charge in [-0.3, -0.25) is 0 Å². The molecule has 0 heterocycles. The minimum atomic E-state index is -4.48. The second-order valence-corrected chi connectivity index (χ2v) is 33.9. The smallest absolute Gasteiger partial charge is 0.417 e. The van der Waals surface area contributed by atoms with Gasteiger partial charge in [-0.05, 0) is 334 Å². The number of hydrogen-bond donors (Lipinski definition) is 2. The van der Waals surface area contributed by atoms with Crippen molar-refractivity contribution in [2.45, 2.75) is 127 Å². The molecule has 4 aliphatic carbocycles. The number of fused-ring (bicyclic) bond motifs is 4. The number of aryl methyl sites for hydroxylation is 4. The molecule has 16 rings (SSSR count). The first-order valence-electron chi connectivity index (χ1n) is 43.5. The molecule has 0 saturated heterocycles. The first-order valence-corrected chi connectivity index (χ1v) is 45.1. The highest BCUT2D eigenvalue weighted by Gasteiger charge is 2.36. The van der Waals surface area contributed by atoms with Gasteiger partial charge in [0.05, 0.1) is 10.6 Å². The lowest BCUT2D eigenvalue weighted by Crippen LogP contribution is -2.10. The van der Waals surface area contributed by atoms with E-state index in [1.54, 1.807) is 43.3 Å². The van der Waals surface area contributed by atoms with Gasteiger partial charge in [0.1, 0.15) is 5.82 Å². The monoisotopic (exact) mass is 1800 g/mol. The molecular weight excluding hydrogens is 1700 g/mol. The van der Waals surface area contributed by atoms with E-state index in [0.29, 0.717) is 41.0 Å². The van der Waals surface area contributed by atoms with Crippen LogP contribution in [-0.2, 0) is 41.4 Å². The highest BCUT2D eigenvalue weighted by molar-refractivity contribution is 9.15. The van der Waals surface area contributed by atoms with Crippen LogP contribution in [0.2, 0.25) is 5.02 Å². The minimum absolute atomic E-state index is 0.187. The molecule has 12 aromatic rings. The SMILES string of the molecule is C/C=C/c1ccc(/C(C2=C(Br)c3ccccc3C2)=C(/CC)c2ccccc2C)cc1.C/C=C/c1ccc(/C(C2=C(Cl)c3ccccc3C2)=C(/CC)c2ccccc2C)cc1.CC/C(=C(\C1=Cc2ccc(F)cc2C1)c1ccc(/C=C/C(=O)O)cc1)c1ccc(C)cc1Cl.CC/C(=C(\C1=Cc2ccccc2C1)c1ccc(/C=C/C(=O)O)cc1)c1ccc(C)cc1C(F)(F)F. The van der Waals surface area contributed by atoms with Gasteiger partial charge in [0.2, 0.25) is 0 Å². The Kier molecular flexibility index (Phi) is 31.0. The fraction of sp³-hybridized carbons (Fsp3) is 0.162. The zero-order valence-electron chi connectivity index (χ0n) is 73.8. The average molecular weight is 1800 g/mol. The van der Waals surface area contributed by atoms with Crippen LogP contribution in [0.1, 0.15) is 206 Å². The lowest BCUT2D eigenvalue weighted by molar-refractivity contribution is -0.138. The molecule has 0 atom stereocenters. The number of carboxylic acids is 2. The quantitative estimate of drug-likeness (QED) is 0.0403. The van der Waals surface area contributed by atoms with Gasteiger partial charge in [0, 0.05) is 28.1 Å². The molecule has 12 aromatic carbocycles. The average Bonchev–Trinajstić information content (AvgIpc) is 1.59. The van der Waals surface area contributed by atoms with Crippen molar-refractivity contribution < 1.29 is 37.4 Å². The summed E-state index contributed by atoms with van der Waals surface area (Å²) in [5.74, 6) is -2.26. The summed E-state index contributed by atoms with van der Waals surface area (Å²) in [6, 6.07) is 91.0. The molecule has 128 heavy (non-hydrogen) atoms. The number of hydrogen-bond acceptors (Lipinski definition) is 2. The van der Waals surface area contributed by atoms with Crippen molar-refractivity contribution in [2.24, 2.45) is 0 Å². The summed E-state index contributed by atoms with van der Waals surface area (Å²) in [5.41, 5.74) is 38.8. The molecule has 2 N–H and O–H groups in total. The highest BCUT2D eigenvalue weighted by Crippen LogP contribution is 2.51. The van der Waals surface area contributed by atoms with Gasteiger partial charge in [0.15, 0.2) is 0 Å². The molecule has 0 aromatic heterocycles. The topological polar surface area (TPSA) is 74.6 Å². The van der Waals surface area contributed by atoms with Crippen LogP contribution >= 0.6 is 39.1 Å². The Morgan fingerprint density at radius 3 is 1.22 bits per heavy atom. The molecule has 0 spiro atoms. The number of carboxylic acid groups (broad SMARTS) is 2. The van der Waals surface area contributed by atoms with Gasteiger partial charge in [0.25, 0.3) is 0 Å². The van der Waals surface area contributed by atoms with E-state index < -0.39 is 23.7 Å². The van der Waals surface area contributed by atoms with E-state index in [0.717, 1.165) is 133 Å². The first-order chi connectivity index (χ1) is 61.8. The van der Waals surface area contributed by atoms with Crippen LogP contribution in [0.5, 0.6) is 0 Å². The number of rotatable bonds is 22. The maximum absolute atomic E-state index is 14.1.